The van der Waals surface area contributed by atoms with Gasteiger partial charge in [-0.15, -0.1) is 11.3 Å². The first-order valence-corrected chi connectivity index (χ1v) is 15.7. The van der Waals surface area contributed by atoms with E-state index in [2.05, 4.69) is 58.3 Å². The second kappa shape index (κ2) is 13.1. The summed E-state index contributed by atoms with van der Waals surface area (Å²) in [5.74, 6) is 0.661. The average molecular weight is 583 g/mol. The summed E-state index contributed by atoms with van der Waals surface area (Å²) in [5, 5.41) is 9.43. The van der Waals surface area contributed by atoms with Gasteiger partial charge in [0.15, 0.2) is 11.5 Å². The summed E-state index contributed by atoms with van der Waals surface area (Å²) < 4.78 is 12.0. The smallest absolute Gasteiger partial charge is 0.335 e. The van der Waals surface area contributed by atoms with E-state index in [0.29, 0.717) is 5.56 Å². The number of carbonyl (C=O) groups is 1. The second-order valence-corrected chi connectivity index (χ2v) is 12.3. The number of benzene rings is 3. The Morgan fingerprint density at radius 2 is 1.50 bits per heavy atom. The Hall–Kier alpha value is -3.65. The highest BCUT2D eigenvalue weighted by molar-refractivity contribution is 7.19. The van der Waals surface area contributed by atoms with Crippen LogP contribution in [0.15, 0.2) is 78.9 Å². The summed E-state index contributed by atoms with van der Waals surface area (Å²) in [5.41, 5.74) is 5.08. The molecule has 1 aliphatic heterocycles. The predicted octanol–water partition coefficient (Wildman–Crippen LogP) is 7.43. The largest absolute Gasteiger partial charge is 0.493 e. The molecule has 3 aromatic carbocycles. The van der Waals surface area contributed by atoms with Crippen molar-refractivity contribution in [2.45, 2.75) is 44.9 Å². The molecule has 0 radical (unpaired) electrons. The fourth-order valence-corrected chi connectivity index (χ4v) is 7.17. The van der Waals surface area contributed by atoms with E-state index in [1.807, 2.05) is 18.2 Å². The van der Waals surface area contributed by atoms with Crippen LogP contribution < -0.4 is 9.47 Å². The highest BCUT2D eigenvalue weighted by Crippen LogP contribution is 2.42. The molecule has 1 saturated carbocycles. The van der Waals surface area contributed by atoms with Crippen molar-refractivity contribution in [1.82, 2.24) is 9.80 Å². The van der Waals surface area contributed by atoms with Crippen LogP contribution in [0.3, 0.4) is 0 Å². The van der Waals surface area contributed by atoms with Gasteiger partial charge in [-0.3, -0.25) is 9.80 Å². The Bertz CT molecular complexity index is 1490. The number of carboxylic acid groups (broad SMARTS) is 1. The molecule has 218 valence electrons. The van der Waals surface area contributed by atoms with Gasteiger partial charge in [0.2, 0.25) is 0 Å². The van der Waals surface area contributed by atoms with Gasteiger partial charge in [0.25, 0.3) is 0 Å². The van der Waals surface area contributed by atoms with Gasteiger partial charge in [0.05, 0.1) is 18.8 Å². The fourth-order valence-electron chi connectivity index (χ4n) is 5.99. The molecule has 1 saturated heterocycles. The van der Waals surface area contributed by atoms with Gasteiger partial charge in [-0.05, 0) is 84.3 Å². The Morgan fingerprint density at radius 3 is 2.17 bits per heavy atom. The normalized spacial score (nSPS) is 16.5. The first kappa shape index (κ1) is 28.5. The van der Waals surface area contributed by atoms with Crippen LogP contribution >= 0.6 is 11.3 Å². The van der Waals surface area contributed by atoms with Crippen LogP contribution in [0, 0.1) is 0 Å². The maximum atomic E-state index is 11.5. The molecule has 4 aromatic rings. The molecular weight excluding hydrogens is 544 g/mol. The standard InChI is InChI=1S/C35H38N2O4S/c1-40-31-16-15-28(21-32(31)41-30-9-5-6-10-30)33-22-29(34(42-33)26-11-13-27(14-12-26)35(38)39)24-37-19-17-36(18-20-37)23-25-7-3-2-4-8-25/h2-4,7-8,11-16,21-22,30H,5-6,9-10,17-20,23-24H2,1H3,(H,38,39). The molecule has 1 N–H and O–H groups in total. The fraction of sp³-hybridized carbons (Fsp3) is 0.343. The van der Waals surface area contributed by atoms with Crippen LogP contribution in [0.25, 0.3) is 20.9 Å². The number of piperazine rings is 1. The van der Waals surface area contributed by atoms with Gasteiger partial charge in [0, 0.05) is 49.0 Å². The number of methoxy groups -OCH3 is 1. The second-order valence-electron chi connectivity index (χ2n) is 11.3. The van der Waals surface area contributed by atoms with E-state index < -0.39 is 5.97 Å². The lowest BCUT2D eigenvalue weighted by Gasteiger charge is -2.34. The van der Waals surface area contributed by atoms with Gasteiger partial charge in [-0.1, -0.05) is 42.5 Å². The Kier molecular flexibility index (Phi) is 8.89. The zero-order valence-corrected chi connectivity index (χ0v) is 24.9. The zero-order chi connectivity index (χ0) is 28.9. The van der Waals surface area contributed by atoms with Crippen molar-refractivity contribution in [2.75, 3.05) is 33.3 Å². The molecule has 0 unspecified atom stereocenters. The van der Waals surface area contributed by atoms with E-state index in [9.17, 15) is 9.90 Å². The van der Waals surface area contributed by atoms with Gasteiger partial charge >= 0.3 is 5.97 Å². The summed E-state index contributed by atoms with van der Waals surface area (Å²) in [4.78, 5) is 18.9. The van der Waals surface area contributed by atoms with Gasteiger partial charge in [-0.25, -0.2) is 4.79 Å². The van der Waals surface area contributed by atoms with Crippen molar-refractivity contribution < 1.29 is 19.4 Å². The van der Waals surface area contributed by atoms with Crippen LogP contribution in [0.1, 0.15) is 47.2 Å². The predicted molar refractivity (Wildman–Crippen MR) is 169 cm³/mol. The summed E-state index contributed by atoms with van der Waals surface area (Å²) in [6.45, 7) is 5.94. The molecule has 7 heteroatoms. The molecule has 2 aliphatic rings. The molecule has 42 heavy (non-hydrogen) atoms. The molecule has 0 atom stereocenters. The molecule has 0 spiro atoms. The molecule has 0 amide bonds. The third kappa shape index (κ3) is 6.70. The minimum Gasteiger partial charge on any atom is -0.493 e. The number of thiophene rings is 1. The van der Waals surface area contributed by atoms with Gasteiger partial charge in [0.1, 0.15) is 0 Å². The summed E-state index contributed by atoms with van der Waals surface area (Å²) in [6.07, 6.45) is 4.85. The molecule has 6 rings (SSSR count). The highest BCUT2D eigenvalue weighted by Gasteiger charge is 2.22. The van der Waals surface area contributed by atoms with E-state index >= 15 is 0 Å². The van der Waals surface area contributed by atoms with Gasteiger partial charge in [-0.2, -0.15) is 0 Å². The van der Waals surface area contributed by atoms with E-state index in [0.717, 1.165) is 74.7 Å². The molecule has 6 nitrogen and oxygen atoms in total. The monoisotopic (exact) mass is 582 g/mol. The Labute approximate surface area is 252 Å². The number of hydrogen-bond donors (Lipinski definition) is 1. The number of hydrogen-bond acceptors (Lipinski definition) is 6. The summed E-state index contributed by atoms with van der Waals surface area (Å²) in [7, 11) is 1.69. The number of ether oxygens (including phenoxy) is 2. The lowest BCUT2D eigenvalue weighted by Crippen LogP contribution is -2.45. The Morgan fingerprint density at radius 1 is 0.833 bits per heavy atom. The first-order chi connectivity index (χ1) is 20.6. The van der Waals surface area contributed by atoms with E-state index in [1.54, 1.807) is 30.6 Å². The molecule has 1 aromatic heterocycles. The lowest BCUT2D eigenvalue weighted by molar-refractivity contribution is 0.0697. The van der Waals surface area contributed by atoms with Crippen LogP contribution in [0.4, 0.5) is 0 Å². The van der Waals surface area contributed by atoms with E-state index in [-0.39, 0.29) is 6.10 Å². The van der Waals surface area contributed by atoms with E-state index in [1.165, 1.54) is 33.7 Å². The van der Waals surface area contributed by atoms with Crippen LogP contribution in [0.2, 0.25) is 0 Å². The molecule has 2 heterocycles. The van der Waals surface area contributed by atoms with Crippen molar-refractivity contribution in [3.8, 4) is 32.4 Å². The minimum absolute atomic E-state index is 0.247. The number of nitrogens with zero attached hydrogens (tertiary/aromatic N) is 2. The van der Waals surface area contributed by atoms with E-state index in [4.69, 9.17) is 9.47 Å². The minimum atomic E-state index is -0.907. The van der Waals surface area contributed by atoms with Crippen LogP contribution in [0.5, 0.6) is 11.5 Å². The van der Waals surface area contributed by atoms with Crippen LogP contribution in [-0.2, 0) is 13.1 Å². The lowest BCUT2D eigenvalue weighted by atomic mass is 10.1. The van der Waals surface area contributed by atoms with Gasteiger partial charge < -0.3 is 14.6 Å². The quantitative estimate of drug-likeness (QED) is 0.210. The first-order valence-electron chi connectivity index (χ1n) is 14.9. The maximum absolute atomic E-state index is 11.5. The van der Waals surface area contributed by atoms with Crippen LogP contribution in [-0.4, -0.2) is 60.3 Å². The zero-order valence-electron chi connectivity index (χ0n) is 24.1. The number of carboxylic acids is 1. The highest BCUT2D eigenvalue weighted by atomic mass is 32.1. The van der Waals surface area contributed by atoms with Crippen molar-refractivity contribution in [1.29, 1.82) is 0 Å². The number of aromatic carboxylic acids is 1. The third-order valence-electron chi connectivity index (χ3n) is 8.35. The molecule has 2 fully saturated rings. The third-order valence-corrected chi connectivity index (χ3v) is 9.63. The van der Waals surface area contributed by atoms with Crippen molar-refractivity contribution in [3.63, 3.8) is 0 Å². The van der Waals surface area contributed by atoms with Crippen molar-refractivity contribution in [3.05, 3.63) is 95.6 Å². The molecule has 0 bridgehead atoms. The van der Waals surface area contributed by atoms with Crippen molar-refractivity contribution >= 4 is 17.3 Å². The number of rotatable bonds is 10. The average Bonchev–Trinajstić information content (AvgIpc) is 3.69. The molecule has 1 aliphatic carbocycles. The topological polar surface area (TPSA) is 62.2 Å². The maximum Gasteiger partial charge on any atom is 0.335 e. The summed E-state index contributed by atoms with van der Waals surface area (Å²) >= 11 is 1.75. The Balaban J connectivity index is 1.25. The molecular formula is C35H38N2O4S. The summed E-state index contributed by atoms with van der Waals surface area (Å²) in [6, 6.07) is 26.5. The van der Waals surface area contributed by atoms with Crippen molar-refractivity contribution in [2.24, 2.45) is 0 Å². The SMILES string of the molecule is COc1ccc(-c2cc(CN3CCN(Cc4ccccc4)CC3)c(-c3ccc(C(=O)O)cc3)s2)cc1OC1CCCC1.